The van der Waals surface area contributed by atoms with Crippen molar-refractivity contribution in [1.82, 2.24) is 10.2 Å². The van der Waals surface area contributed by atoms with Crippen LogP contribution in [0.25, 0.3) is 0 Å². The molecule has 1 aromatic carbocycles. The Labute approximate surface area is 91.7 Å². The van der Waals surface area contributed by atoms with Crippen LogP contribution < -0.4 is 5.73 Å². The van der Waals surface area contributed by atoms with Gasteiger partial charge in [-0.2, -0.15) is 5.10 Å². The van der Waals surface area contributed by atoms with Gasteiger partial charge in [0.25, 0.3) is 0 Å². The van der Waals surface area contributed by atoms with Gasteiger partial charge in [0, 0.05) is 28.0 Å². The molecule has 0 spiro atoms. The summed E-state index contributed by atoms with van der Waals surface area (Å²) < 4.78 is 0. The fourth-order valence-electron chi connectivity index (χ4n) is 1.37. The summed E-state index contributed by atoms with van der Waals surface area (Å²) in [6, 6.07) is 5.00. The molecule has 0 aliphatic carbocycles. The average molecular weight is 224 g/mol. The summed E-state index contributed by atoms with van der Waals surface area (Å²) in [6.45, 7) is 0. The van der Waals surface area contributed by atoms with E-state index in [1.54, 1.807) is 30.6 Å². The van der Waals surface area contributed by atoms with Crippen molar-refractivity contribution >= 4 is 17.3 Å². The lowest BCUT2D eigenvalue weighted by Crippen LogP contribution is -2.02. The third kappa shape index (κ3) is 1.95. The Morgan fingerprint density at radius 2 is 2.27 bits per heavy atom. The van der Waals surface area contributed by atoms with Crippen molar-refractivity contribution in [3.8, 4) is 0 Å². The number of rotatable bonds is 2. The fraction of sp³-hybridized carbons (Fsp3) is 0.100. The number of benzene rings is 1. The molecule has 1 heterocycles. The number of anilines is 1. The third-order valence-electron chi connectivity index (χ3n) is 2.18. The van der Waals surface area contributed by atoms with Crippen molar-refractivity contribution in [3.05, 3.63) is 46.7 Å². The summed E-state index contributed by atoms with van der Waals surface area (Å²) in [5.41, 5.74) is 7.50. The highest BCUT2D eigenvalue weighted by molar-refractivity contribution is 6.30. The van der Waals surface area contributed by atoms with Crippen molar-refractivity contribution in [2.45, 2.75) is 6.10 Å². The number of hydrogen-bond acceptors (Lipinski definition) is 3. The molecule has 2 aromatic rings. The number of aliphatic hydroxyl groups excluding tert-OH is 1. The van der Waals surface area contributed by atoms with E-state index >= 15 is 0 Å². The maximum atomic E-state index is 9.99. The van der Waals surface area contributed by atoms with Gasteiger partial charge in [-0.05, 0) is 18.2 Å². The molecule has 0 saturated carbocycles. The molecule has 4 nitrogen and oxygen atoms in total. The van der Waals surface area contributed by atoms with Gasteiger partial charge in [0.2, 0.25) is 0 Å². The number of aromatic amines is 1. The van der Waals surface area contributed by atoms with E-state index in [-0.39, 0.29) is 0 Å². The van der Waals surface area contributed by atoms with Gasteiger partial charge in [0.1, 0.15) is 6.10 Å². The zero-order valence-electron chi connectivity index (χ0n) is 7.81. The van der Waals surface area contributed by atoms with Gasteiger partial charge in [-0.15, -0.1) is 0 Å². The minimum absolute atomic E-state index is 0.508. The first kappa shape index (κ1) is 10.0. The molecule has 0 fully saturated rings. The molecule has 0 aliphatic rings. The fourth-order valence-corrected chi connectivity index (χ4v) is 1.55. The molecule has 0 amide bonds. The summed E-state index contributed by atoms with van der Waals surface area (Å²) in [4.78, 5) is 0. The lowest BCUT2D eigenvalue weighted by atomic mass is 10.0. The Morgan fingerprint density at radius 3 is 2.93 bits per heavy atom. The number of nitrogens with one attached hydrogen (secondary N) is 1. The lowest BCUT2D eigenvalue weighted by molar-refractivity contribution is 0.221. The summed E-state index contributed by atoms with van der Waals surface area (Å²) >= 11 is 5.83. The quantitative estimate of drug-likeness (QED) is 0.679. The van der Waals surface area contributed by atoms with Crippen LogP contribution in [-0.2, 0) is 0 Å². The minimum atomic E-state index is -0.803. The smallest absolute Gasteiger partial charge is 0.109 e. The minimum Gasteiger partial charge on any atom is -0.398 e. The van der Waals surface area contributed by atoms with E-state index in [2.05, 4.69) is 10.2 Å². The van der Waals surface area contributed by atoms with Crippen LogP contribution in [0.1, 0.15) is 17.2 Å². The van der Waals surface area contributed by atoms with Gasteiger partial charge >= 0.3 is 0 Å². The van der Waals surface area contributed by atoms with Crippen LogP contribution in [0, 0.1) is 0 Å². The van der Waals surface area contributed by atoms with Crippen LogP contribution in [0.4, 0.5) is 5.69 Å². The van der Waals surface area contributed by atoms with Gasteiger partial charge in [-0.25, -0.2) is 0 Å². The third-order valence-corrected chi connectivity index (χ3v) is 2.41. The number of halogens is 1. The second-order valence-electron chi connectivity index (χ2n) is 3.21. The predicted octanol–water partition coefficient (Wildman–Crippen LogP) is 1.73. The van der Waals surface area contributed by atoms with Crippen LogP contribution in [0.3, 0.4) is 0 Å². The van der Waals surface area contributed by atoms with Gasteiger partial charge in [-0.1, -0.05) is 11.6 Å². The van der Waals surface area contributed by atoms with Crippen LogP contribution in [-0.4, -0.2) is 15.3 Å². The van der Waals surface area contributed by atoms with Crippen LogP contribution in [0.15, 0.2) is 30.6 Å². The van der Waals surface area contributed by atoms with Gasteiger partial charge in [-0.3, -0.25) is 5.10 Å². The maximum Gasteiger partial charge on any atom is 0.109 e. The Morgan fingerprint density at radius 1 is 1.47 bits per heavy atom. The molecule has 78 valence electrons. The topological polar surface area (TPSA) is 74.9 Å². The van der Waals surface area contributed by atoms with E-state index < -0.39 is 6.10 Å². The molecular formula is C10H10ClN3O. The molecule has 4 N–H and O–H groups in total. The van der Waals surface area contributed by atoms with Crippen molar-refractivity contribution in [2.75, 3.05) is 5.73 Å². The molecule has 0 saturated heterocycles. The summed E-state index contributed by atoms with van der Waals surface area (Å²) in [5.74, 6) is 0. The average Bonchev–Trinajstić information content (AvgIpc) is 2.74. The molecule has 5 heteroatoms. The van der Waals surface area contributed by atoms with Crippen molar-refractivity contribution in [1.29, 1.82) is 0 Å². The number of aliphatic hydroxyl groups is 1. The Bertz CT molecular complexity index is 456. The number of hydrogen-bond donors (Lipinski definition) is 3. The summed E-state index contributed by atoms with van der Waals surface area (Å²) in [5, 5.41) is 16.9. The van der Waals surface area contributed by atoms with Gasteiger partial charge in [0.15, 0.2) is 0 Å². The number of H-pyrrole nitrogens is 1. The molecular weight excluding hydrogens is 214 g/mol. The first-order chi connectivity index (χ1) is 7.18. The van der Waals surface area contributed by atoms with E-state index in [4.69, 9.17) is 17.3 Å². The molecule has 15 heavy (non-hydrogen) atoms. The highest BCUT2D eigenvalue weighted by Crippen LogP contribution is 2.28. The standard InChI is InChI=1S/C10H10ClN3O/c11-7-1-2-9(12)8(3-7)10(15)6-4-13-14-5-6/h1-5,10,15H,12H2,(H,13,14). The van der Waals surface area contributed by atoms with Crippen LogP contribution in [0.2, 0.25) is 5.02 Å². The number of nitrogen functional groups attached to an aromatic ring is 1. The summed E-state index contributed by atoms with van der Waals surface area (Å²) in [6.07, 6.45) is 2.36. The Hall–Kier alpha value is -1.52. The Balaban J connectivity index is 2.41. The van der Waals surface area contributed by atoms with Gasteiger partial charge in [0.05, 0.1) is 6.20 Å². The van der Waals surface area contributed by atoms with E-state index in [0.717, 1.165) is 0 Å². The van der Waals surface area contributed by atoms with Crippen molar-refractivity contribution in [2.24, 2.45) is 0 Å². The van der Waals surface area contributed by atoms with E-state index in [1.165, 1.54) is 0 Å². The number of aromatic nitrogens is 2. The number of nitrogens with two attached hydrogens (primary N) is 1. The van der Waals surface area contributed by atoms with Crippen molar-refractivity contribution < 1.29 is 5.11 Å². The van der Waals surface area contributed by atoms with E-state index in [0.29, 0.717) is 21.8 Å². The largest absolute Gasteiger partial charge is 0.398 e. The summed E-state index contributed by atoms with van der Waals surface area (Å²) in [7, 11) is 0. The normalized spacial score (nSPS) is 12.7. The van der Waals surface area contributed by atoms with Gasteiger partial charge < -0.3 is 10.8 Å². The molecule has 1 aromatic heterocycles. The van der Waals surface area contributed by atoms with Crippen molar-refractivity contribution in [3.63, 3.8) is 0 Å². The zero-order valence-corrected chi connectivity index (χ0v) is 8.57. The molecule has 0 aliphatic heterocycles. The lowest BCUT2D eigenvalue weighted by Gasteiger charge is -2.11. The first-order valence-corrected chi connectivity index (χ1v) is 4.78. The highest BCUT2D eigenvalue weighted by Gasteiger charge is 2.14. The molecule has 1 unspecified atom stereocenters. The SMILES string of the molecule is Nc1ccc(Cl)cc1C(O)c1cn[nH]c1. The second-order valence-corrected chi connectivity index (χ2v) is 3.64. The number of nitrogens with zero attached hydrogens (tertiary/aromatic N) is 1. The molecule has 0 radical (unpaired) electrons. The van der Waals surface area contributed by atoms with Crippen LogP contribution >= 0.6 is 11.6 Å². The van der Waals surface area contributed by atoms with E-state index in [1.807, 2.05) is 0 Å². The highest BCUT2D eigenvalue weighted by atomic mass is 35.5. The Kier molecular flexibility index (Phi) is 2.62. The zero-order chi connectivity index (χ0) is 10.8. The predicted molar refractivity (Wildman–Crippen MR) is 58.5 cm³/mol. The molecule has 2 rings (SSSR count). The molecule has 1 atom stereocenters. The maximum absolute atomic E-state index is 9.99. The second kappa shape index (κ2) is 3.92. The monoisotopic (exact) mass is 223 g/mol. The first-order valence-electron chi connectivity index (χ1n) is 4.40. The van der Waals surface area contributed by atoms with E-state index in [9.17, 15) is 5.11 Å². The van der Waals surface area contributed by atoms with Crippen LogP contribution in [0.5, 0.6) is 0 Å². The molecule has 0 bridgehead atoms.